The van der Waals surface area contributed by atoms with Crippen molar-refractivity contribution in [1.82, 2.24) is 14.9 Å². The molecule has 104 valence electrons. The molecular formula is C9H11ClN4O2S3. The van der Waals surface area contributed by atoms with E-state index in [1.807, 2.05) is 6.92 Å². The summed E-state index contributed by atoms with van der Waals surface area (Å²) in [5, 5.41) is 12.2. The van der Waals surface area contributed by atoms with Crippen LogP contribution in [0.15, 0.2) is 16.3 Å². The van der Waals surface area contributed by atoms with Crippen LogP contribution in [0.1, 0.15) is 5.01 Å². The summed E-state index contributed by atoms with van der Waals surface area (Å²) in [4.78, 5) is 0. The summed E-state index contributed by atoms with van der Waals surface area (Å²) in [6.07, 6.45) is 0. The predicted molar refractivity (Wildman–Crippen MR) is 77.7 cm³/mol. The number of hydrogen-bond donors (Lipinski definition) is 2. The Hall–Kier alpha value is -0.740. The maximum absolute atomic E-state index is 11.8. The van der Waals surface area contributed by atoms with Crippen LogP contribution in [0.4, 0.5) is 5.13 Å². The van der Waals surface area contributed by atoms with Gasteiger partial charge in [0.2, 0.25) is 15.2 Å². The highest BCUT2D eigenvalue weighted by Gasteiger charge is 2.15. The van der Waals surface area contributed by atoms with E-state index in [1.54, 1.807) is 6.07 Å². The lowest BCUT2D eigenvalue weighted by Gasteiger charge is -2.04. The minimum Gasteiger partial charge on any atom is -0.359 e. The SMILES string of the molecule is Cc1nnc(NCCNS(=O)(=O)c2ccc(Cl)s2)s1. The summed E-state index contributed by atoms with van der Waals surface area (Å²) in [6, 6.07) is 3.04. The van der Waals surface area contributed by atoms with Crippen molar-refractivity contribution < 1.29 is 8.42 Å². The molecule has 0 atom stereocenters. The van der Waals surface area contributed by atoms with Crippen LogP contribution in [0.5, 0.6) is 0 Å². The number of aryl methyl sites for hydroxylation is 1. The van der Waals surface area contributed by atoms with Crippen LogP contribution >= 0.6 is 34.3 Å². The third-order valence-electron chi connectivity index (χ3n) is 2.03. The van der Waals surface area contributed by atoms with E-state index in [4.69, 9.17) is 11.6 Å². The van der Waals surface area contributed by atoms with Gasteiger partial charge in [0.15, 0.2) is 0 Å². The first-order valence-corrected chi connectivity index (χ1v) is 8.76. The Morgan fingerprint density at radius 1 is 1.26 bits per heavy atom. The number of hydrogen-bond acceptors (Lipinski definition) is 7. The minimum absolute atomic E-state index is 0.212. The molecule has 6 nitrogen and oxygen atoms in total. The van der Waals surface area contributed by atoms with Gasteiger partial charge in [-0.15, -0.1) is 21.5 Å². The smallest absolute Gasteiger partial charge is 0.250 e. The number of sulfonamides is 1. The molecule has 0 fully saturated rings. The number of thiophene rings is 1. The summed E-state index contributed by atoms with van der Waals surface area (Å²) in [5.74, 6) is 0. The Balaban J connectivity index is 1.82. The van der Waals surface area contributed by atoms with E-state index in [0.717, 1.165) is 16.3 Å². The van der Waals surface area contributed by atoms with Gasteiger partial charge in [0.05, 0.1) is 4.34 Å². The monoisotopic (exact) mass is 338 g/mol. The molecule has 2 N–H and O–H groups in total. The number of nitrogens with one attached hydrogen (secondary N) is 2. The van der Waals surface area contributed by atoms with E-state index in [9.17, 15) is 8.42 Å². The summed E-state index contributed by atoms with van der Waals surface area (Å²) in [5.41, 5.74) is 0. The molecule has 10 heteroatoms. The van der Waals surface area contributed by atoms with Crippen LogP contribution < -0.4 is 10.0 Å². The molecule has 0 aliphatic rings. The zero-order valence-electron chi connectivity index (χ0n) is 9.88. The lowest BCUT2D eigenvalue weighted by Crippen LogP contribution is -2.28. The molecule has 0 saturated carbocycles. The molecular weight excluding hydrogens is 328 g/mol. The first-order valence-electron chi connectivity index (χ1n) is 5.26. The van der Waals surface area contributed by atoms with Crippen LogP contribution in [0.2, 0.25) is 4.34 Å². The van der Waals surface area contributed by atoms with E-state index in [-0.39, 0.29) is 10.8 Å². The minimum atomic E-state index is -3.48. The van der Waals surface area contributed by atoms with E-state index >= 15 is 0 Å². The molecule has 2 aromatic heterocycles. The van der Waals surface area contributed by atoms with Crippen molar-refractivity contribution in [2.24, 2.45) is 0 Å². The van der Waals surface area contributed by atoms with Crippen molar-refractivity contribution in [1.29, 1.82) is 0 Å². The Morgan fingerprint density at radius 2 is 2.05 bits per heavy atom. The molecule has 2 rings (SSSR count). The van der Waals surface area contributed by atoms with Gasteiger partial charge in [-0.1, -0.05) is 22.9 Å². The van der Waals surface area contributed by atoms with Crippen molar-refractivity contribution in [3.05, 3.63) is 21.5 Å². The Morgan fingerprint density at radius 3 is 2.63 bits per heavy atom. The molecule has 19 heavy (non-hydrogen) atoms. The van der Waals surface area contributed by atoms with Gasteiger partial charge >= 0.3 is 0 Å². The summed E-state index contributed by atoms with van der Waals surface area (Å²) in [7, 11) is -3.48. The summed E-state index contributed by atoms with van der Waals surface area (Å²) < 4.78 is 26.8. The quantitative estimate of drug-likeness (QED) is 0.786. The van der Waals surface area contributed by atoms with Gasteiger partial charge in [0.1, 0.15) is 9.22 Å². The van der Waals surface area contributed by atoms with Gasteiger partial charge in [-0.2, -0.15) is 0 Å². The van der Waals surface area contributed by atoms with Crippen LogP contribution in [0.25, 0.3) is 0 Å². The number of rotatable bonds is 6. The largest absolute Gasteiger partial charge is 0.359 e. The van der Waals surface area contributed by atoms with Crippen LogP contribution in [-0.2, 0) is 10.0 Å². The Labute approximate surface area is 123 Å². The number of anilines is 1. The first-order chi connectivity index (χ1) is 8.97. The van der Waals surface area contributed by atoms with E-state index < -0.39 is 10.0 Å². The molecule has 0 aromatic carbocycles. The normalized spacial score (nSPS) is 11.7. The fourth-order valence-corrected chi connectivity index (χ4v) is 4.41. The summed E-state index contributed by atoms with van der Waals surface area (Å²) >= 11 is 8.16. The van der Waals surface area contributed by atoms with E-state index in [0.29, 0.717) is 16.0 Å². The molecule has 0 unspecified atom stereocenters. The molecule has 0 aliphatic heterocycles. The number of aromatic nitrogens is 2. The molecule has 0 amide bonds. The van der Waals surface area contributed by atoms with Gasteiger partial charge in [-0.05, 0) is 19.1 Å². The highest BCUT2D eigenvalue weighted by molar-refractivity contribution is 7.91. The van der Waals surface area contributed by atoms with Gasteiger partial charge in [-0.3, -0.25) is 0 Å². The second kappa shape index (κ2) is 6.14. The molecule has 2 aromatic rings. The molecule has 2 heterocycles. The topological polar surface area (TPSA) is 84.0 Å². The average Bonchev–Trinajstić information content (AvgIpc) is 2.94. The fourth-order valence-electron chi connectivity index (χ4n) is 1.24. The number of halogens is 1. The molecule has 0 bridgehead atoms. The van der Waals surface area contributed by atoms with Gasteiger partial charge in [-0.25, -0.2) is 13.1 Å². The van der Waals surface area contributed by atoms with Crippen molar-refractivity contribution in [2.45, 2.75) is 11.1 Å². The van der Waals surface area contributed by atoms with Crippen LogP contribution in [-0.4, -0.2) is 31.7 Å². The van der Waals surface area contributed by atoms with Crippen molar-refractivity contribution >= 4 is 49.4 Å². The standard InChI is InChI=1S/C9H11ClN4O2S3/c1-6-13-14-9(17-6)11-4-5-12-19(15,16)8-3-2-7(10)18-8/h2-3,12H,4-5H2,1H3,(H,11,14). The lowest BCUT2D eigenvalue weighted by molar-refractivity contribution is 0.585. The molecule has 0 radical (unpaired) electrons. The second-order valence-corrected chi connectivity index (χ2v) is 8.40. The second-order valence-electron chi connectivity index (χ2n) is 3.51. The van der Waals surface area contributed by atoms with E-state index in [2.05, 4.69) is 20.2 Å². The molecule has 0 aliphatic carbocycles. The predicted octanol–water partition coefficient (Wildman–Crippen LogP) is 1.95. The number of nitrogens with zero attached hydrogens (tertiary/aromatic N) is 2. The van der Waals surface area contributed by atoms with Gasteiger partial charge in [0, 0.05) is 13.1 Å². The maximum atomic E-state index is 11.8. The van der Waals surface area contributed by atoms with Crippen molar-refractivity contribution in [2.75, 3.05) is 18.4 Å². The van der Waals surface area contributed by atoms with Crippen LogP contribution in [0.3, 0.4) is 0 Å². The van der Waals surface area contributed by atoms with E-state index in [1.165, 1.54) is 17.4 Å². The van der Waals surface area contributed by atoms with Crippen LogP contribution in [0, 0.1) is 6.92 Å². The van der Waals surface area contributed by atoms with Crippen molar-refractivity contribution in [3.8, 4) is 0 Å². The molecule has 0 spiro atoms. The van der Waals surface area contributed by atoms with Gasteiger partial charge < -0.3 is 5.32 Å². The average molecular weight is 339 g/mol. The zero-order chi connectivity index (χ0) is 13.9. The maximum Gasteiger partial charge on any atom is 0.250 e. The fraction of sp³-hybridized carbons (Fsp3) is 0.333. The Kier molecular flexibility index (Phi) is 4.74. The first kappa shape index (κ1) is 14.7. The molecule has 0 saturated heterocycles. The zero-order valence-corrected chi connectivity index (χ0v) is 13.1. The highest BCUT2D eigenvalue weighted by atomic mass is 35.5. The van der Waals surface area contributed by atoms with Crippen molar-refractivity contribution in [3.63, 3.8) is 0 Å². The highest BCUT2D eigenvalue weighted by Crippen LogP contribution is 2.25. The summed E-state index contributed by atoms with van der Waals surface area (Å²) in [6.45, 7) is 2.55. The lowest BCUT2D eigenvalue weighted by atomic mass is 10.7. The van der Waals surface area contributed by atoms with Gasteiger partial charge in [0.25, 0.3) is 0 Å². The third-order valence-corrected chi connectivity index (χ3v) is 6.01. The third kappa shape index (κ3) is 4.11. The Bertz CT molecular complexity index is 652.